The Morgan fingerprint density at radius 3 is 2.50 bits per heavy atom. The van der Waals surface area contributed by atoms with Crippen LogP contribution in [0.1, 0.15) is 18.1 Å². The van der Waals surface area contributed by atoms with E-state index in [1.807, 2.05) is 29.5 Å². The largest absolute Gasteiger partial charge is 0.490 e. The average Bonchev–Trinajstić information content (AvgIpc) is 2.89. The Balaban J connectivity index is 1.57. The highest BCUT2D eigenvalue weighted by Crippen LogP contribution is 2.35. The molecule has 9 nitrogen and oxygen atoms in total. The number of hydrogen-bond acceptors (Lipinski definition) is 6. The molecule has 1 aliphatic heterocycles. The van der Waals surface area contributed by atoms with E-state index >= 15 is 0 Å². The second kappa shape index (κ2) is 12.8. The predicted molar refractivity (Wildman–Crippen MR) is 164 cm³/mol. The highest BCUT2D eigenvalue weighted by atomic mass is 127. The molecule has 1 aliphatic rings. The first-order chi connectivity index (χ1) is 19.1. The fourth-order valence-corrected chi connectivity index (χ4v) is 4.95. The summed E-state index contributed by atoms with van der Waals surface area (Å²) in [7, 11) is 0. The lowest BCUT2D eigenvalue weighted by atomic mass is 10.1. The molecule has 1 fully saturated rings. The van der Waals surface area contributed by atoms with Crippen molar-refractivity contribution < 1.29 is 28.7 Å². The number of carbonyl (C=O) groups excluding carboxylic acids is 4. The average molecular weight is 739 g/mol. The van der Waals surface area contributed by atoms with Crippen molar-refractivity contribution in [2.45, 2.75) is 13.8 Å². The van der Waals surface area contributed by atoms with Crippen LogP contribution in [0, 0.1) is 10.5 Å². The molecule has 1 heterocycles. The Bertz CT molecular complexity index is 1540. The second-order valence-electron chi connectivity index (χ2n) is 8.50. The fourth-order valence-electron chi connectivity index (χ4n) is 3.73. The van der Waals surface area contributed by atoms with E-state index in [9.17, 15) is 19.2 Å². The Morgan fingerprint density at radius 2 is 1.82 bits per heavy atom. The first-order valence-electron chi connectivity index (χ1n) is 11.9. The molecule has 12 heteroatoms. The first kappa shape index (κ1) is 29.6. The normalized spacial score (nSPS) is 14.3. The molecule has 0 atom stereocenters. The molecule has 206 valence electrons. The molecule has 1 saturated heterocycles. The molecule has 2 N–H and O–H groups in total. The monoisotopic (exact) mass is 737 g/mol. The third-order valence-electron chi connectivity index (χ3n) is 5.63. The number of hydrogen-bond donors (Lipinski definition) is 2. The van der Waals surface area contributed by atoms with Gasteiger partial charge in [-0.05, 0) is 102 Å². The van der Waals surface area contributed by atoms with E-state index in [1.54, 1.807) is 61.5 Å². The van der Waals surface area contributed by atoms with Crippen LogP contribution in [-0.4, -0.2) is 37.0 Å². The molecule has 0 spiro atoms. The van der Waals surface area contributed by atoms with Crippen molar-refractivity contribution in [3.8, 4) is 11.5 Å². The Morgan fingerprint density at radius 1 is 1.10 bits per heavy atom. The standard InChI is InChI=1S/C28H22BrClIN3O6/c1-3-39-23-12-16(10-20-26(36)33-28(38)34(27(20)37)19-8-5-17(29)6-9-19)11-22(31)25(23)40-14-24(35)32-18-7-4-15(2)21(30)13-18/h4-13H,3,14H2,1-2H3,(H,32,35)(H,33,36,38)/b20-10+. The van der Waals surface area contributed by atoms with Crippen LogP contribution in [0.25, 0.3) is 6.08 Å². The highest BCUT2D eigenvalue weighted by molar-refractivity contribution is 14.1. The van der Waals surface area contributed by atoms with Crippen LogP contribution in [0.15, 0.2) is 64.6 Å². The smallest absolute Gasteiger partial charge is 0.335 e. The zero-order chi connectivity index (χ0) is 29.0. The van der Waals surface area contributed by atoms with Crippen molar-refractivity contribution in [2.75, 3.05) is 23.4 Å². The van der Waals surface area contributed by atoms with Crippen LogP contribution < -0.4 is 25.0 Å². The second-order valence-corrected chi connectivity index (χ2v) is 11.0. The summed E-state index contributed by atoms with van der Waals surface area (Å²) in [6.45, 7) is 3.65. The van der Waals surface area contributed by atoms with E-state index in [-0.39, 0.29) is 12.2 Å². The number of rotatable bonds is 8. The molecule has 0 aliphatic carbocycles. The van der Waals surface area contributed by atoms with Gasteiger partial charge < -0.3 is 14.8 Å². The summed E-state index contributed by atoms with van der Waals surface area (Å²) < 4.78 is 12.9. The first-order valence-corrected chi connectivity index (χ1v) is 14.1. The summed E-state index contributed by atoms with van der Waals surface area (Å²) in [5.41, 5.74) is 1.97. The maximum absolute atomic E-state index is 13.2. The zero-order valence-electron chi connectivity index (χ0n) is 21.2. The minimum Gasteiger partial charge on any atom is -0.490 e. The van der Waals surface area contributed by atoms with E-state index in [1.165, 1.54) is 6.08 Å². The van der Waals surface area contributed by atoms with E-state index in [0.717, 1.165) is 14.9 Å². The van der Waals surface area contributed by atoms with Crippen molar-refractivity contribution in [3.05, 3.63) is 84.4 Å². The third-order valence-corrected chi connectivity index (χ3v) is 7.37. The third kappa shape index (κ3) is 6.83. The summed E-state index contributed by atoms with van der Waals surface area (Å²) in [6.07, 6.45) is 1.37. The van der Waals surface area contributed by atoms with Crippen molar-refractivity contribution in [1.29, 1.82) is 0 Å². The Labute approximate surface area is 257 Å². The molecule has 0 aromatic heterocycles. The van der Waals surface area contributed by atoms with Crippen molar-refractivity contribution >= 4 is 91.3 Å². The molecule has 4 rings (SSSR count). The molecular weight excluding hydrogens is 717 g/mol. The number of ether oxygens (including phenoxy) is 2. The number of aryl methyl sites for hydroxylation is 1. The van der Waals surface area contributed by atoms with Crippen LogP contribution in [0.4, 0.5) is 16.2 Å². The predicted octanol–water partition coefficient (Wildman–Crippen LogP) is 6.10. The number of nitrogens with one attached hydrogen (secondary N) is 2. The number of benzene rings is 3. The van der Waals surface area contributed by atoms with Crippen LogP contribution in [-0.2, 0) is 14.4 Å². The summed E-state index contributed by atoms with van der Waals surface area (Å²) in [5.74, 6) is -1.34. The van der Waals surface area contributed by atoms with Gasteiger partial charge in [0.2, 0.25) is 0 Å². The van der Waals surface area contributed by atoms with Crippen molar-refractivity contribution in [3.63, 3.8) is 0 Å². The van der Waals surface area contributed by atoms with Crippen LogP contribution in [0.5, 0.6) is 11.5 Å². The topological polar surface area (TPSA) is 114 Å². The van der Waals surface area contributed by atoms with Gasteiger partial charge in [-0.15, -0.1) is 0 Å². The van der Waals surface area contributed by atoms with E-state index in [4.69, 9.17) is 21.1 Å². The molecular formula is C28H22BrClIN3O6. The molecule has 0 radical (unpaired) electrons. The molecule has 0 saturated carbocycles. The van der Waals surface area contributed by atoms with Gasteiger partial charge in [-0.25, -0.2) is 9.69 Å². The maximum atomic E-state index is 13.2. The van der Waals surface area contributed by atoms with Gasteiger partial charge in [0.05, 0.1) is 15.9 Å². The number of amides is 5. The van der Waals surface area contributed by atoms with Gasteiger partial charge >= 0.3 is 6.03 Å². The van der Waals surface area contributed by atoms with Crippen molar-refractivity contribution in [2.24, 2.45) is 0 Å². The van der Waals surface area contributed by atoms with E-state index in [0.29, 0.717) is 43.6 Å². The van der Waals surface area contributed by atoms with Crippen LogP contribution >= 0.6 is 50.1 Å². The number of urea groups is 1. The minimum absolute atomic E-state index is 0.231. The molecule has 5 amide bonds. The van der Waals surface area contributed by atoms with Gasteiger partial charge in [-0.1, -0.05) is 33.6 Å². The number of anilines is 2. The summed E-state index contributed by atoms with van der Waals surface area (Å²) in [4.78, 5) is 51.7. The number of imide groups is 2. The number of halogens is 3. The number of barbiturate groups is 1. The molecule has 0 unspecified atom stereocenters. The van der Waals surface area contributed by atoms with E-state index < -0.39 is 23.8 Å². The zero-order valence-corrected chi connectivity index (χ0v) is 25.7. The van der Waals surface area contributed by atoms with Gasteiger partial charge in [-0.3, -0.25) is 19.7 Å². The lowest BCUT2D eigenvalue weighted by molar-refractivity contribution is -0.122. The number of nitrogens with zero attached hydrogens (tertiary/aromatic N) is 1. The lowest BCUT2D eigenvalue weighted by Crippen LogP contribution is -2.54. The van der Waals surface area contributed by atoms with Crippen LogP contribution in [0.2, 0.25) is 5.02 Å². The SMILES string of the molecule is CCOc1cc(/C=C2\C(=O)NC(=O)N(c3ccc(Br)cc3)C2=O)cc(I)c1OCC(=O)Nc1ccc(C)c(Cl)c1. The van der Waals surface area contributed by atoms with Gasteiger partial charge in [0, 0.05) is 15.2 Å². The van der Waals surface area contributed by atoms with Gasteiger partial charge in [0.1, 0.15) is 5.57 Å². The highest BCUT2D eigenvalue weighted by Gasteiger charge is 2.36. The van der Waals surface area contributed by atoms with Gasteiger partial charge in [0.15, 0.2) is 18.1 Å². The molecule has 40 heavy (non-hydrogen) atoms. The lowest BCUT2D eigenvalue weighted by Gasteiger charge is -2.26. The van der Waals surface area contributed by atoms with Crippen molar-refractivity contribution in [1.82, 2.24) is 5.32 Å². The summed E-state index contributed by atoms with van der Waals surface area (Å²) >= 11 is 11.5. The Hall–Kier alpha value is -3.42. The number of carbonyl (C=O) groups is 4. The molecule has 3 aromatic rings. The fraction of sp³-hybridized carbons (Fsp3) is 0.143. The quantitative estimate of drug-likeness (QED) is 0.164. The van der Waals surface area contributed by atoms with Gasteiger partial charge in [-0.2, -0.15) is 0 Å². The molecule has 0 bridgehead atoms. The summed E-state index contributed by atoms with van der Waals surface area (Å²) in [6, 6.07) is 14.1. The summed E-state index contributed by atoms with van der Waals surface area (Å²) in [5, 5.41) is 5.47. The van der Waals surface area contributed by atoms with E-state index in [2.05, 4.69) is 26.6 Å². The Kier molecular flexibility index (Phi) is 9.48. The van der Waals surface area contributed by atoms with Crippen LogP contribution in [0.3, 0.4) is 0 Å². The minimum atomic E-state index is -0.839. The van der Waals surface area contributed by atoms with Gasteiger partial charge in [0.25, 0.3) is 17.7 Å². The molecule has 3 aromatic carbocycles. The maximum Gasteiger partial charge on any atom is 0.335 e.